The van der Waals surface area contributed by atoms with Crippen molar-refractivity contribution in [2.24, 2.45) is 0 Å². The maximum atomic E-state index is 12.7. The molecule has 3 aliphatic rings. The van der Waals surface area contributed by atoms with Gasteiger partial charge in [-0.05, 0) is 51.0 Å². The van der Waals surface area contributed by atoms with Gasteiger partial charge in [0.15, 0.2) is 5.82 Å². The second-order valence-corrected chi connectivity index (χ2v) is 10.8. The molecule has 3 fully saturated rings. The van der Waals surface area contributed by atoms with Crippen LogP contribution in [-0.2, 0) is 9.47 Å². The Morgan fingerprint density at radius 3 is 2.09 bits per heavy atom. The van der Waals surface area contributed by atoms with Crippen LogP contribution >= 0.6 is 0 Å². The zero-order chi connectivity index (χ0) is 29.8. The molecular formula is C30H38N9O4+. The number of anilines is 4. The first-order chi connectivity index (χ1) is 21.0. The van der Waals surface area contributed by atoms with Crippen molar-refractivity contribution in [1.82, 2.24) is 19.9 Å². The van der Waals surface area contributed by atoms with E-state index in [0.29, 0.717) is 68.6 Å². The average molecular weight is 589 g/mol. The molecule has 2 bridgehead atoms. The van der Waals surface area contributed by atoms with Crippen molar-refractivity contribution in [2.45, 2.75) is 38.8 Å². The highest BCUT2D eigenvalue weighted by atomic mass is 16.5. The van der Waals surface area contributed by atoms with Gasteiger partial charge in [0.1, 0.15) is 12.4 Å². The monoisotopic (exact) mass is 588 g/mol. The van der Waals surface area contributed by atoms with Crippen LogP contribution in [0.25, 0.3) is 11.4 Å². The molecule has 2 atom stereocenters. The van der Waals surface area contributed by atoms with Crippen LogP contribution in [0.2, 0.25) is 0 Å². The number of morpholine rings is 2. The number of hydrogen-bond donors (Lipinski definition) is 2. The Bertz CT molecular complexity index is 1410. The van der Waals surface area contributed by atoms with Crippen molar-refractivity contribution in [3.63, 3.8) is 0 Å². The number of ether oxygens (including phenoxy) is 2. The molecule has 2 unspecified atom stereocenters. The molecule has 0 saturated carbocycles. The molecule has 5 heterocycles. The second-order valence-electron chi connectivity index (χ2n) is 10.8. The number of nitrogens with zero attached hydrogens (tertiary/aromatic N) is 7. The molecule has 13 heteroatoms. The van der Waals surface area contributed by atoms with E-state index in [-0.39, 0.29) is 24.1 Å². The van der Waals surface area contributed by atoms with Crippen molar-refractivity contribution in [2.75, 3.05) is 73.0 Å². The summed E-state index contributed by atoms with van der Waals surface area (Å²) in [5, 5.41) is 5.67. The predicted molar refractivity (Wildman–Crippen MR) is 161 cm³/mol. The van der Waals surface area contributed by atoms with E-state index in [1.807, 2.05) is 38.1 Å². The quantitative estimate of drug-likeness (QED) is 0.400. The molecular weight excluding hydrogens is 550 g/mol. The Hall–Kier alpha value is -4.36. The summed E-state index contributed by atoms with van der Waals surface area (Å²) in [5.74, 6) is 1.93. The van der Waals surface area contributed by atoms with E-state index < -0.39 is 0 Å². The summed E-state index contributed by atoms with van der Waals surface area (Å²) in [6, 6.07) is 10.9. The van der Waals surface area contributed by atoms with Crippen LogP contribution in [0.1, 0.15) is 26.7 Å². The van der Waals surface area contributed by atoms with Crippen LogP contribution < -0.4 is 25.0 Å². The van der Waals surface area contributed by atoms with E-state index >= 15 is 0 Å². The first kappa shape index (κ1) is 28.7. The predicted octanol–water partition coefficient (Wildman–Crippen LogP) is 2.98. The first-order valence-electron chi connectivity index (χ1n) is 15.0. The third-order valence-electron chi connectivity index (χ3n) is 8.12. The molecule has 226 valence electrons. The molecule has 3 aromatic rings. The van der Waals surface area contributed by atoms with Crippen molar-refractivity contribution < 1.29 is 23.6 Å². The Morgan fingerprint density at radius 2 is 1.47 bits per heavy atom. The summed E-state index contributed by atoms with van der Waals surface area (Å²) in [4.78, 5) is 46.0. The summed E-state index contributed by atoms with van der Waals surface area (Å²) in [6.07, 6.45) is 5.42. The van der Waals surface area contributed by atoms with E-state index in [1.165, 1.54) is 4.57 Å². The molecule has 13 nitrogen and oxygen atoms in total. The van der Waals surface area contributed by atoms with Crippen molar-refractivity contribution in [1.29, 1.82) is 0 Å². The minimum absolute atomic E-state index is 0.110. The summed E-state index contributed by atoms with van der Waals surface area (Å²) in [5.41, 5.74) is 2.02. The maximum Gasteiger partial charge on any atom is 0.497 e. The number of fused-ring (bicyclic) bond motifs is 2. The Morgan fingerprint density at radius 1 is 0.860 bits per heavy atom. The molecule has 6 rings (SSSR count). The molecule has 0 spiro atoms. The fourth-order valence-electron chi connectivity index (χ4n) is 5.75. The standard InChI is InChI=1S/C30H37N9O4/c1-3-36(4-2)30(41)38-13-11-23(12-14-38)32-29(40)31-22-7-5-21(6-8-22)26-33-27(37-15-17-42-18-16-37)35-28(34-26)39-24-9-10-25(39)20-43-19-24/h5-8,11-14,24-25H,3-4,9-10,15-20H2,1-2H3,(H,31,33,34,35,40)/p+1. The number of carbonyl (C=O) groups is 2. The number of aromatic nitrogens is 4. The Balaban J connectivity index is 1.15. The summed E-state index contributed by atoms with van der Waals surface area (Å²) < 4.78 is 12.8. The van der Waals surface area contributed by atoms with Crippen molar-refractivity contribution in [3.8, 4) is 11.4 Å². The van der Waals surface area contributed by atoms with Gasteiger partial charge in [0.05, 0.1) is 51.6 Å². The number of benzene rings is 1. The largest absolute Gasteiger partial charge is 0.497 e. The van der Waals surface area contributed by atoms with Crippen LogP contribution in [0.5, 0.6) is 0 Å². The first-order valence-corrected chi connectivity index (χ1v) is 15.0. The number of amides is 3. The van der Waals surface area contributed by atoms with Gasteiger partial charge in [0.25, 0.3) is 0 Å². The van der Waals surface area contributed by atoms with Gasteiger partial charge in [-0.25, -0.2) is 9.69 Å². The summed E-state index contributed by atoms with van der Waals surface area (Å²) in [7, 11) is 0. The van der Waals surface area contributed by atoms with Crippen LogP contribution in [-0.4, -0.2) is 96.6 Å². The molecule has 43 heavy (non-hydrogen) atoms. The third-order valence-corrected chi connectivity index (χ3v) is 8.12. The SMILES string of the molecule is CCN(CC)C(=O)[n+]1ccc(NC(=O)Nc2ccc(-c3nc(N4CCOCC4)nc(N4C5CCC4COC5)n3)cc2)cc1. The lowest BCUT2D eigenvalue weighted by Crippen LogP contribution is -2.51. The lowest BCUT2D eigenvalue weighted by Gasteiger charge is -2.35. The summed E-state index contributed by atoms with van der Waals surface area (Å²) in [6.45, 7) is 9.23. The van der Waals surface area contributed by atoms with Crippen LogP contribution in [0.4, 0.5) is 32.9 Å². The van der Waals surface area contributed by atoms with Crippen molar-refractivity contribution in [3.05, 3.63) is 48.8 Å². The van der Waals surface area contributed by atoms with Crippen LogP contribution in [0.3, 0.4) is 0 Å². The van der Waals surface area contributed by atoms with Gasteiger partial charge in [0, 0.05) is 42.2 Å². The fraction of sp³-hybridized carbons (Fsp3) is 0.467. The van der Waals surface area contributed by atoms with Crippen LogP contribution in [0.15, 0.2) is 48.8 Å². The molecule has 2 N–H and O–H groups in total. The molecule has 3 amide bonds. The lowest BCUT2D eigenvalue weighted by atomic mass is 10.2. The zero-order valence-corrected chi connectivity index (χ0v) is 24.6. The number of pyridine rings is 1. The van der Waals surface area contributed by atoms with Gasteiger partial charge in [-0.3, -0.25) is 0 Å². The highest BCUT2D eigenvalue weighted by molar-refractivity contribution is 5.99. The summed E-state index contributed by atoms with van der Waals surface area (Å²) >= 11 is 0. The number of nitrogens with one attached hydrogen (secondary N) is 2. The van der Waals surface area contributed by atoms with Gasteiger partial charge < -0.3 is 29.9 Å². The fourth-order valence-corrected chi connectivity index (χ4v) is 5.75. The second kappa shape index (κ2) is 12.9. The molecule has 1 aromatic carbocycles. The van der Waals surface area contributed by atoms with Crippen LogP contribution in [0, 0.1) is 0 Å². The van der Waals surface area contributed by atoms with E-state index in [0.717, 1.165) is 31.5 Å². The molecule has 2 aromatic heterocycles. The van der Waals surface area contributed by atoms with E-state index in [2.05, 4.69) is 20.4 Å². The Labute approximate surface area is 250 Å². The maximum absolute atomic E-state index is 12.7. The minimum Gasteiger partial charge on any atom is -0.378 e. The number of urea groups is 1. The number of carbonyl (C=O) groups excluding carboxylic acids is 2. The normalized spacial score (nSPS) is 19.7. The molecule has 3 saturated heterocycles. The molecule has 3 aliphatic heterocycles. The zero-order valence-electron chi connectivity index (χ0n) is 24.6. The highest BCUT2D eigenvalue weighted by Gasteiger charge is 2.39. The topological polar surface area (TPSA) is 129 Å². The minimum atomic E-state index is -0.389. The van der Waals surface area contributed by atoms with Gasteiger partial charge in [-0.1, -0.05) is 0 Å². The van der Waals surface area contributed by atoms with Gasteiger partial charge in [-0.2, -0.15) is 24.3 Å². The molecule has 0 aliphatic carbocycles. The van der Waals surface area contributed by atoms with Gasteiger partial charge >= 0.3 is 12.1 Å². The highest BCUT2D eigenvalue weighted by Crippen LogP contribution is 2.34. The average Bonchev–Trinajstić information content (AvgIpc) is 3.30. The van der Waals surface area contributed by atoms with E-state index in [4.69, 9.17) is 24.4 Å². The smallest absolute Gasteiger partial charge is 0.378 e. The van der Waals surface area contributed by atoms with Crippen molar-refractivity contribution >= 4 is 35.3 Å². The Kier molecular flexibility index (Phi) is 8.61. The number of hydrogen-bond acceptors (Lipinski definition) is 9. The van der Waals surface area contributed by atoms with E-state index in [1.54, 1.807) is 29.4 Å². The lowest BCUT2D eigenvalue weighted by molar-refractivity contribution is -0.578. The number of rotatable bonds is 7. The van der Waals surface area contributed by atoms with E-state index in [9.17, 15) is 9.59 Å². The van der Waals surface area contributed by atoms with Gasteiger partial charge in [-0.15, -0.1) is 0 Å². The van der Waals surface area contributed by atoms with Gasteiger partial charge in [0.2, 0.25) is 11.9 Å². The molecule has 0 radical (unpaired) electrons. The third kappa shape index (κ3) is 6.37.